The molecule has 2 aliphatic rings. The van der Waals surface area contributed by atoms with E-state index in [-0.39, 0.29) is 12.2 Å². The van der Waals surface area contributed by atoms with Gasteiger partial charge in [-0.1, -0.05) is 0 Å². The monoisotopic (exact) mass is 348 g/mol. The lowest BCUT2D eigenvalue weighted by Gasteiger charge is -2.34. The summed E-state index contributed by atoms with van der Waals surface area (Å²) in [5.74, 6) is 0. The van der Waals surface area contributed by atoms with Gasteiger partial charge in [0.15, 0.2) is 0 Å². The Morgan fingerprint density at radius 2 is 1.65 bits per heavy atom. The first-order valence-corrected chi connectivity index (χ1v) is 10.1. The van der Waals surface area contributed by atoms with E-state index in [0.29, 0.717) is 19.6 Å². The molecule has 0 aromatic rings. The molecule has 7 nitrogen and oxygen atoms in total. The molecule has 0 spiro atoms. The highest BCUT2D eigenvalue weighted by molar-refractivity contribution is 7.87. The van der Waals surface area contributed by atoms with Gasteiger partial charge in [-0.25, -0.2) is 4.72 Å². The Morgan fingerprint density at radius 1 is 1.04 bits per heavy atom. The normalized spacial score (nSPS) is 29.0. The van der Waals surface area contributed by atoms with Crippen molar-refractivity contribution >= 4 is 10.2 Å². The Labute approximate surface area is 141 Å². The van der Waals surface area contributed by atoms with Crippen LogP contribution in [0.15, 0.2) is 0 Å². The second-order valence-electron chi connectivity index (χ2n) is 6.83. The summed E-state index contributed by atoms with van der Waals surface area (Å²) >= 11 is 0. The van der Waals surface area contributed by atoms with Crippen LogP contribution < -0.4 is 4.72 Å². The van der Waals surface area contributed by atoms with E-state index in [1.54, 1.807) is 0 Å². The molecule has 0 aromatic heterocycles. The lowest BCUT2D eigenvalue weighted by Crippen LogP contribution is -2.52. The third kappa shape index (κ3) is 6.28. The van der Waals surface area contributed by atoms with E-state index in [1.165, 1.54) is 4.31 Å². The number of piperazine rings is 1. The molecule has 8 heteroatoms. The van der Waals surface area contributed by atoms with Crippen LogP contribution in [0.4, 0.5) is 0 Å². The Hall–Kier alpha value is -0.250. The number of nitrogens with zero attached hydrogens (tertiary/aromatic N) is 3. The molecule has 0 aliphatic carbocycles. The average Bonchev–Trinajstić information content (AvgIpc) is 2.48. The Morgan fingerprint density at radius 3 is 2.26 bits per heavy atom. The lowest BCUT2D eigenvalue weighted by molar-refractivity contribution is -0.0443. The van der Waals surface area contributed by atoms with E-state index in [1.807, 2.05) is 13.8 Å². The van der Waals surface area contributed by atoms with Gasteiger partial charge in [-0.05, 0) is 40.3 Å². The topological polar surface area (TPSA) is 65.1 Å². The number of rotatable bonds is 7. The standard InChI is InChI=1S/C15H32N4O3S/c1-14-12-19(13-15(2)22-14)23(20,21)16-6-4-5-7-18-10-8-17(3)9-11-18/h14-16H,4-13H2,1-3H3/t14-,15-/m0/s1. The summed E-state index contributed by atoms with van der Waals surface area (Å²) < 4.78 is 34.5. The molecular weight excluding hydrogens is 316 g/mol. The van der Waals surface area contributed by atoms with Crippen molar-refractivity contribution in [3.8, 4) is 0 Å². The molecule has 2 heterocycles. The minimum Gasteiger partial charge on any atom is -0.373 e. The number of ether oxygens (including phenoxy) is 1. The van der Waals surface area contributed by atoms with Gasteiger partial charge in [-0.3, -0.25) is 0 Å². The van der Waals surface area contributed by atoms with E-state index in [4.69, 9.17) is 4.74 Å². The van der Waals surface area contributed by atoms with E-state index >= 15 is 0 Å². The van der Waals surface area contributed by atoms with Gasteiger partial charge in [0.2, 0.25) is 0 Å². The third-order valence-corrected chi connectivity index (χ3v) is 6.05. The molecule has 0 bridgehead atoms. The van der Waals surface area contributed by atoms with Gasteiger partial charge in [0.05, 0.1) is 12.2 Å². The van der Waals surface area contributed by atoms with Crippen LogP contribution in [0.3, 0.4) is 0 Å². The van der Waals surface area contributed by atoms with Crippen LogP contribution in [0.25, 0.3) is 0 Å². The van der Waals surface area contributed by atoms with Crippen LogP contribution in [0.2, 0.25) is 0 Å². The van der Waals surface area contributed by atoms with E-state index in [0.717, 1.165) is 45.6 Å². The smallest absolute Gasteiger partial charge is 0.279 e. The van der Waals surface area contributed by atoms with Crippen molar-refractivity contribution < 1.29 is 13.2 Å². The zero-order chi connectivity index (χ0) is 16.9. The summed E-state index contributed by atoms with van der Waals surface area (Å²) in [5.41, 5.74) is 0. The molecule has 2 rings (SSSR count). The fourth-order valence-corrected chi connectivity index (χ4v) is 4.55. The maximum absolute atomic E-state index is 12.3. The number of unbranched alkanes of at least 4 members (excludes halogenated alkanes) is 1. The van der Waals surface area contributed by atoms with Crippen LogP contribution in [-0.2, 0) is 14.9 Å². The second-order valence-corrected chi connectivity index (χ2v) is 8.58. The maximum Gasteiger partial charge on any atom is 0.279 e. The van der Waals surface area contributed by atoms with Crippen molar-refractivity contribution in [1.82, 2.24) is 18.8 Å². The van der Waals surface area contributed by atoms with Crippen molar-refractivity contribution in [3.05, 3.63) is 0 Å². The van der Waals surface area contributed by atoms with Crippen LogP contribution in [0.5, 0.6) is 0 Å². The molecule has 2 saturated heterocycles. The summed E-state index contributed by atoms with van der Waals surface area (Å²) in [7, 11) is -1.23. The highest BCUT2D eigenvalue weighted by Gasteiger charge is 2.30. The van der Waals surface area contributed by atoms with Crippen LogP contribution in [-0.4, -0.2) is 94.1 Å². The molecule has 1 N–H and O–H groups in total. The SMILES string of the molecule is C[C@H]1CN(S(=O)(=O)NCCCCN2CCN(C)CC2)C[C@H](C)O1. The summed E-state index contributed by atoms with van der Waals surface area (Å²) in [6, 6.07) is 0. The third-order valence-electron chi connectivity index (χ3n) is 4.51. The van der Waals surface area contributed by atoms with Crippen LogP contribution in [0.1, 0.15) is 26.7 Å². The van der Waals surface area contributed by atoms with Gasteiger partial charge in [0, 0.05) is 45.8 Å². The molecular formula is C15H32N4O3S. The second kappa shape index (κ2) is 8.73. The Balaban J connectivity index is 1.63. The van der Waals surface area contributed by atoms with Crippen molar-refractivity contribution in [2.75, 3.05) is 59.4 Å². The predicted octanol–water partition coefficient (Wildman–Crippen LogP) is -0.0424. The number of morpholine rings is 1. The van der Waals surface area contributed by atoms with Crippen molar-refractivity contribution in [2.45, 2.75) is 38.9 Å². The first kappa shape index (κ1) is 19.1. The summed E-state index contributed by atoms with van der Waals surface area (Å²) in [6.45, 7) is 10.7. The lowest BCUT2D eigenvalue weighted by atomic mass is 10.2. The number of nitrogens with one attached hydrogen (secondary N) is 1. The molecule has 0 amide bonds. The summed E-state index contributed by atoms with van der Waals surface area (Å²) in [5, 5.41) is 0. The molecule has 0 unspecified atom stereocenters. The molecule has 23 heavy (non-hydrogen) atoms. The van der Waals surface area contributed by atoms with Crippen LogP contribution in [0, 0.1) is 0 Å². The number of hydrogen-bond donors (Lipinski definition) is 1. The van der Waals surface area contributed by atoms with Gasteiger partial charge < -0.3 is 14.5 Å². The van der Waals surface area contributed by atoms with Crippen LogP contribution >= 0.6 is 0 Å². The summed E-state index contributed by atoms with van der Waals surface area (Å²) in [4.78, 5) is 4.80. The molecule has 0 radical (unpaired) electrons. The van der Waals surface area contributed by atoms with Gasteiger partial charge in [0.25, 0.3) is 10.2 Å². The van der Waals surface area contributed by atoms with Crippen molar-refractivity contribution in [3.63, 3.8) is 0 Å². The molecule has 136 valence electrons. The minimum atomic E-state index is -3.38. The van der Waals surface area contributed by atoms with Gasteiger partial charge in [-0.15, -0.1) is 0 Å². The van der Waals surface area contributed by atoms with Gasteiger partial charge >= 0.3 is 0 Å². The number of likely N-dealkylation sites (N-methyl/N-ethyl adjacent to an activating group) is 1. The quantitative estimate of drug-likeness (QED) is 0.654. The fourth-order valence-electron chi connectivity index (χ4n) is 3.15. The summed E-state index contributed by atoms with van der Waals surface area (Å²) in [6.07, 6.45) is 1.81. The first-order chi connectivity index (χ1) is 10.9. The maximum atomic E-state index is 12.3. The first-order valence-electron chi connectivity index (χ1n) is 8.68. The fraction of sp³-hybridized carbons (Fsp3) is 1.00. The molecule has 2 fully saturated rings. The van der Waals surface area contributed by atoms with Crippen molar-refractivity contribution in [1.29, 1.82) is 0 Å². The van der Waals surface area contributed by atoms with E-state index < -0.39 is 10.2 Å². The molecule has 2 atom stereocenters. The zero-order valence-corrected chi connectivity index (χ0v) is 15.5. The largest absolute Gasteiger partial charge is 0.373 e. The number of hydrogen-bond acceptors (Lipinski definition) is 5. The zero-order valence-electron chi connectivity index (χ0n) is 14.7. The van der Waals surface area contributed by atoms with E-state index in [9.17, 15) is 8.42 Å². The predicted molar refractivity (Wildman–Crippen MR) is 91.7 cm³/mol. The van der Waals surface area contributed by atoms with Gasteiger partial charge in [-0.2, -0.15) is 12.7 Å². The molecule has 0 aromatic carbocycles. The van der Waals surface area contributed by atoms with Gasteiger partial charge in [0.1, 0.15) is 0 Å². The highest BCUT2D eigenvalue weighted by atomic mass is 32.2. The van der Waals surface area contributed by atoms with E-state index in [2.05, 4.69) is 21.6 Å². The molecule has 2 aliphatic heterocycles. The van der Waals surface area contributed by atoms with Crippen molar-refractivity contribution in [2.24, 2.45) is 0 Å². The minimum absolute atomic E-state index is 0.0486. The average molecular weight is 349 g/mol. The Bertz CT molecular complexity index is 442. The molecule has 0 saturated carbocycles. The Kier molecular flexibility index (Phi) is 7.24. The highest BCUT2D eigenvalue weighted by Crippen LogP contribution is 2.13.